The van der Waals surface area contributed by atoms with Gasteiger partial charge in [-0.05, 0) is 24.1 Å². The Morgan fingerprint density at radius 2 is 2.12 bits per heavy atom. The lowest BCUT2D eigenvalue weighted by Crippen LogP contribution is -2.24. The molecule has 2 heterocycles. The van der Waals surface area contributed by atoms with Crippen molar-refractivity contribution in [1.29, 1.82) is 0 Å². The molecule has 0 aliphatic carbocycles. The number of halogens is 2. The number of hydrogen-bond acceptors (Lipinski definition) is 5. The Bertz CT molecular complexity index is 926. The lowest BCUT2D eigenvalue weighted by Gasteiger charge is -2.06. The number of hydrogen-bond donors (Lipinski definition) is 2. The fourth-order valence-electron chi connectivity index (χ4n) is 2.35. The van der Waals surface area contributed by atoms with Crippen LogP contribution in [-0.4, -0.2) is 25.7 Å². The van der Waals surface area contributed by atoms with E-state index in [1.807, 2.05) is 0 Å². The average Bonchev–Trinajstić information content (AvgIpc) is 2.90. The number of aryl methyl sites for hydroxylation is 2. The van der Waals surface area contributed by atoms with Crippen LogP contribution in [0.2, 0.25) is 0 Å². The summed E-state index contributed by atoms with van der Waals surface area (Å²) in [6, 6.07) is 4.67. The maximum absolute atomic E-state index is 13.3. The molecule has 24 heavy (non-hydrogen) atoms. The largest absolute Gasteiger partial charge is 0.347 e. The minimum atomic E-state index is -0.399. The average molecular weight is 349 g/mol. The molecule has 0 saturated carbocycles. The Morgan fingerprint density at radius 3 is 2.83 bits per heavy atom. The first-order valence-electron chi connectivity index (χ1n) is 7.09. The zero-order chi connectivity index (χ0) is 17.3. The standard InChI is InChI=1S/C15H14ClFN6O/c1-8-5-9(3-4-10(8)17)6-18-15(24)13-11-12(19-7-20-13)14(21-16)23(2)22-11/h3-5,7,21H,6H2,1-2H3,(H,18,24). The molecular weight excluding hydrogens is 335 g/mol. The van der Waals surface area contributed by atoms with Gasteiger partial charge in [0.2, 0.25) is 0 Å². The second kappa shape index (κ2) is 6.40. The van der Waals surface area contributed by atoms with Crippen molar-refractivity contribution in [2.24, 2.45) is 7.05 Å². The Kier molecular flexibility index (Phi) is 4.30. The van der Waals surface area contributed by atoms with Gasteiger partial charge < -0.3 is 5.32 Å². The van der Waals surface area contributed by atoms with E-state index in [1.165, 1.54) is 17.1 Å². The van der Waals surface area contributed by atoms with E-state index >= 15 is 0 Å². The van der Waals surface area contributed by atoms with Crippen LogP contribution in [0.3, 0.4) is 0 Å². The van der Waals surface area contributed by atoms with Crippen LogP contribution in [0.5, 0.6) is 0 Å². The maximum atomic E-state index is 13.3. The lowest BCUT2D eigenvalue weighted by molar-refractivity contribution is 0.0947. The van der Waals surface area contributed by atoms with Crippen molar-refractivity contribution in [2.45, 2.75) is 13.5 Å². The van der Waals surface area contributed by atoms with E-state index < -0.39 is 5.91 Å². The van der Waals surface area contributed by atoms with E-state index in [0.717, 1.165) is 5.56 Å². The fraction of sp³-hybridized carbons (Fsp3) is 0.200. The number of nitrogens with zero attached hydrogens (tertiary/aromatic N) is 4. The van der Waals surface area contributed by atoms with Crippen LogP contribution < -0.4 is 10.2 Å². The second-order valence-corrected chi connectivity index (χ2v) is 5.44. The van der Waals surface area contributed by atoms with Gasteiger partial charge in [-0.3, -0.25) is 9.63 Å². The molecule has 2 N–H and O–H groups in total. The van der Waals surface area contributed by atoms with Crippen molar-refractivity contribution in [1.82, 2.24) is 25.1 Å². The summed E-state index contributed by atoms with van der Waals surface area (Å²) >= 11 is 5.65. The first-order valence-corrected chi connectivity index (χ1v) is 7.46. The second-order valence-electron chi connectivity index (χ2n) is 5.25. The highest BCUT2D eigenvalue weighted by Gasteiger charge is 2.19. The van der Waals surface area contributed by atoms with Crippen LogP contribution in [0.25, 0.3) is 11.0 Å². The van der Waals surface area contributed by atoms with Gasteiger partial charge in [-0.25, -0.2) is 19.0 Å². The van der Waals surface area contributed by atoms with Crippen LogP contribution in [0.1, 0.15) is 21.6 Å². The summed E-state index contributed by atoms with van der Waals surface area (Å²) in [5.41, 5.74) is 2.25. The number of amides is 1. The van der Waals surface area contributed by atoms with Gasteiger partial charge in [0.25, 0.3) is 5.91 Å². The molecule has 0 unspecified atom stereocenters. The number of anilines is 1. The number of benzene rings is 1. The van der Waals surface area contributed by atoms with Crippen LogP contribution in [0.4, 0.5) is 10.2 Å². The molecule has 2 aromatic heterocycles. The van der Waals surface area contributed by atoms with Gasteiger partial charge in [-0.2, -0.15) is 5.10 Å². The summed E-state index contributed by atoms with van der Waals surface area (Å²) in [6.07, 6.45) is 1.28. The SMILES string of the molecule is Cc1cc(CNC(=O)c2ncnc3c(NCl)n(C)nc23)ccc1F. The Balaban J connectivity index is 1.85. The van der Waals surface area contributed by atoms with Crippen molar-refractivity contribution in [3.63, 3.8) is 0 Å². The smallest absolute Gasteiger partial charge is 0.272 e. The highest BCUT2D eigenvalue weighted by molar-refractivity contribution is 6.25. The molecule has 9 heteroatoms. The van der Waals surface area contributed by atoms with Crippen LogP contribution in [0, 0.1) is 12.7 Å². The molecule has 0 radical (unpaired) electrons. The monoisotopic (exact) mass is 348 g/mol. The number of aromatic nitrogens is 4. The van der Waals surface area contributed by atoms with Crippen LogP contribution in [-0.2, 0) is 13.6 Å². The summed E-state index contributed by atoms with van der Waals surface area (Å²) in [7, 11) is 1.68. The van der Waals surface area contributed by atoms with Gasteiger partial charge in [0.1, 0.15) is 23.2 Å². The summed E-state index contributed by atoms with van der Waals surface area (Å²) in [5.74, 6) is -0.210. The minimum absolute atomic E-state index is 0.146. The number of carbonyl (C=O) groups excluding carboxylic acids is 1. The molecule has 0 fully saturated rings. The summed E-state index contributed by atoms with van der Waals surface area (Å²) in [4.78, 5) is 23.0. The molecular formula is C15H14ClFN6O. The van der Waals surface area contributed by atoms with Gasteiger partial charge in [0, 0.05) is 25.4 Å². The molecule has 0 bridgehead atoms. The highest BCUT2D eigenvalue weighted by atomic mass is 35.5. The Morgan fingerprint density at radius 1 is 1.33 bits per heavy atom. The maximum Gasteiger partial charge on any atom is 0.272 e. The number of carbonyl (C=O) groups is 1. The van der Waals surface area contributed by atoms with E-state index in [0.29, 0.717) is 22.4 Å². The Labute approximate surface area is 142 Å². The summed E-state index contributed by atoms with van der Waals surface area (Å²) in [5, 5.41) is 6.97. The van der Waals surface area contributed by atoms with E-state index in [1.54, 1.807) is 26.1 Å². The minimum Gasteiger partial charge on any atom is -0.347 e. The quantitative estimate of drug-likeness (QED) is 0.707. The molecule has 0 atom stereocenters. The fourth-order valence-corrected chi connectivity index (χ4v) is 2.57. The summed E-state index contributed by atoms with van der Waals surface area (Å²) in [6.45, 7) is 1.92. The van der Waals surface area contributed by atoms with Crippen molar-refractivity contribution in [3.8, 4) is 0 Å². The highest BCUT2D eigenvalue weighted by Crippen LogP contribution is 2.22. The van der Waals surface area contributed by atoms with Crippen molar-refractivity contribution < 1.29 is 9.18 Å². The molecule has 7 nitrogen and oxygen atoms in total. The van der Waals surface area contributed by atoms with E-state index in [-0.39, 0.29) is 18.1 Å². The number of rotatable bonds is 4. The molecule has 0 aliphatic rings. The third-order valence-corrected chi connectivity index (χ3v) is 3.78. The van der Waals surface area contributed by atoms with Crippen molar-refractivity contribution in [2.75, 3.05) is 4.84 Å². The number of nitrogens with one attached hydrogen (secondary N) is 2. The molecule has 1 aromatic carbocycles. The summed E-state index contributed by atoms with van der Waals surface area (Å²) < 4.78 is 14.8. The van der Waals surface area contributed by atoms with Gasteiger partial charge in [0.05, 0.1) is 0 Å². The Hall–Kier alpha value is -2.74. The normalized spacial score (nSPS) is 10.8. The zero-order valence-electron chi connectivity index (χ0n) is 13.0. The van der Waals surface area contributed by atoms with Gasteiger partial charge in [0.15, 0.2) is 11.5 Å². The zero-order valence-corrected chi connectivity index (χ0v) is 13.7. The molecule has 0 spiro atoms. The van der Waals surface area contributed by atoms with Crippen LogP contribution in [0.15, 0.2) is 24.5 Å². The van der Waals surface area contributed by atoms with E-state index in [9.17, 15) is 9.18 Å². The van der Waals surface area contributed by atoms with Gasteiger partial charge >= 0.3 is 0 Å². The third-order valence-electron chi connectivity index (χ3n) is 3.60. The first kappa shape index (κ1) is 16.1. The molecule has 1 amide bonds. The molecule has 124 valence electrons. The van der Waals surface area contributed by atoms with Crippen LogP contribution >= 0.6 is 11.8 Å². The predicted octanol–water partition coefficient (Wildman–Crippen LogP) is 2.31. The predicted molar refractivity (Wildman–Crippen MR) is 88.1 cm³/mol. The first-order chi connectivity index (χ1) is 11.5. The molecule has 0 aliphatic heterocycles. The topological polar surface area (TPSA) is 84.7 Å². The molecule has 0 saturated heterocycles. The van der Waals surface area contributed by atoms with E-state index in [2.05, 4.69) is 25.2 Å². The third kappa shape index (κ3) is 2.88. The van der Waals surface area contributed by atoms with Crippen molar-refractivity contribution >= 4 is 34.5 Å². The van der Waals surface area contributed by atoms with Crippen molar-refractivity contribution in [3.05, 3.63) is 47.2 Å². The van der Waals surface area contributed by atoms with Gasteiger partial charge in [-0.15, -0.1) is 0 Å². The molecule has 3 rings (SSSR count). The number of fused-ring (bicyclic) bond motifs is 1. The lowest BCUT2D eigenvalue weighted by atomic mass is 10.1. The molecule has 3 aromatic rings. The van der Waals surface area contributed by atoms with E-state index in [4.69, 9.17) is 11.8 Å². The van der Waals surface area contributed by atoms with Gasteiger partial charge in [-0.1, -0.05) is 12.1 Å².